The van der Waals surface area contributed by atoms with E-state index in [9.17, 15) is 4.79 Å². The van der Waals surface area contributed by atoms with Crippen molar-refractivity contribution in [3.8, 4) is 0 Å². The topological polar surface area (TPSA) is 67.6 Å². The number of hydrogen-bond acceptors (Lipinski definition) is 5. The summed E-state index contributed by atoms with van der Waals surface area (Å²) in [4.78, 5) is 19.4. The molecule has 28 heavy (non-hydrogen) atoms. The fourth-order valence-electron chi connectivity index (χ4n) is 4.17. The van der Waals surface area contributed by atoms with Gasteiger partial charge in [-0.2, -0.15) is 0 Å². The Morgan fingerprint density at radius 2 is 2.00 bits per heavy atom. The minimum Gasteiger partial charge on any atom is -0.464 e. The molecule has 1 amide bonds. The molecular weight excluding hydrogens is 354 g/mol. The molecule has 1 N–H and O–H groups in total. The first-order valence-electron chi connectivity index (χ1n) is 9.87. The number of carbonyl (C=O) groups is 1. The quantitative estimate of drug-likeness (QED) is 0.755. The summed E-state index contributed by atoms with van der Waals surface area (Å²) < 4.78 is 11.1. The van der Waals surface area contributed by atoms with Crippen LogP contribution in [0.1, 0.15) is 23.1 Å². The van der Waals surface area contributed by atoms with E-state index in [2.05, 4.69) is 27.3 Å². The van der Waals surface area contributed by atoms with Crippen molar-refractivity contribution in [3.63, 3.8) is 0 Å². The molecule has 1 aliphatic carbocycles. The van der Waals surface area contributed by atoms with Crippen LogP contribution in [0.4, 0.5) is 11.5 Å². The normalized spacial score (nSPS) is 16.4. The number of aryl methyl sites for hydroxylation is 2. The lowest BCUT2D eigenvalue weighted by Gasteiger charge is -2.29. The van der Waals surface area contributed by atoms with Crippen LogP contribution >= 0.6 is 0 Å². The molecule has 144 valence electrons. The number of amides is 1. The van der Waals surface area contributed by atoms with Crippen LogP contribution in [0.3, 0.4) is 0 Å². The van der Waals surface area contributed by atoms with Crippen molar-refractivity contribution in [3.05, 3.63) is 53.4 Å². The summed E-state index contributed by atoms with van der Waals surface area (Å²) in [7, 11) is 0. The standard InChI is InChI=1S/C22H23N3O3/c26-21(24-19-5-2-6-23-22(19)25-7-9-27-10-8-25)13-17-14-28-20-12-16-4-1-3-15(16)11-18(17)20/h2,5-6,11-12,14H,1,3-4,7-10,13H2,(H,24,26). The number of carbonyl (C=O) groups excluding carboxylic acids is 1. The van der Waals surface area contributed by atoms with Gasteiger partial charge in [0.25, 0.3) is 0 Å². The number of rotatable bonds is 4. The molecule has 0 atom stereocenters. The summed E-state index contributed by atoms with van der Waals surface area (Å²) in [6.45, 7) is 2.90. The molecule has 3 heterocycles. The van der Waals surface area contributed by atoms with Crippen molar-refractivity contribution in [2.45, 2.75) is 25.7 Å². The van der Waals surface area contributed by atoms with Crippen LogP contribution in [0.2, 0.25) is 0 Å². The van der Waals surface area contributed by atoms with Crippen LogP contribution in [0.15, 0.2) is 41.1 Å². The maximum absolute atomic E-state index is 12.8. The molecule has 2 aromatic heterocycles. The van der Waals surface area contributed by atoms with Gasteiger partial charge >= 0.3 is 0 Å². The van der Waals surface area contributed by atoms with Gasteiger partial charge in [0, 0.05) is 30.2 Å². The molecule has 6 nitrogen and oxygen atoms in total. The molecular formula is C22H23N3O3. The van der Waals surface area contributed by atoms with Crippen molar-refractivity contribution >= 4 is 28.4 Å². The zero-order valence-electron chi connectivity index (χ0n) is 15.7. The predicted molar refractivity (Wildman–Crippen MR) is 108 cm³/mol. The third kappa shape index (κ3) is 3.24. The number of ether oxygens (including phenoxy) is 1. The Morgan fingerprint density at radius 1 is 1.18 bits per heavy atom. The van der Waals surface area contributed by atoms with Crippen molar-refractivity contribution < 1.29 is 13.9 Å². The zero-order valence-corrected chi connectivity index (χ0v) is 15.7. The first kappa shape index (κ1) is 17.3. The molecule has 1 aromatic carbocycles. The van der Waals surface area contributed by atoms with Gasteiger partial charge in [0.05, 0.1) is 31.6 Å². The Bertz CT molecular complexity index is 1020. The Hall–Kier alpha value is -2.86. The maximum atomic E-state index is 12.8. The van der Waals surface area contributed by atoms with E-state index < -0.39 is 0 Å². The van der Waals surface area contributed by atoms with Gasteiger partial charge in [0.2, 0.25) is 5.91 Å². The van der Waals surface area contributed by atoms with Gasteiger partial charge in [0.15, 0.2) is 5.82 Å². The molecule has 0 spiro atoms. The molecule has 1 aliphatic heterocycles. The second kappa shape index (κ2) is 7.28. The van der Waals surface area contributed by atoms with E-state index in [0.29, 0.717) is 13.2 Å². The third-order valence-electron chi connectivity index (χ3n) is 5.59. The van der Waals surface area contributed by atoms with Crippen molar-refractivity contribution in [2.24, 2.45) is 0 Å². The lowest BCUT2D eigenvalue weighted by Crippen LogP contribution is -2.37. The van der Waals surface area contributed by atoms with E-state index >= 15 is 0 Å². The number of hydrogen-bond donors (Lipinski definition) is 1. The highest BCUT2D eigenvalue weighted by molar-refractivity contribution is 5.97. The van der Waals surface area contributed by atoms with Gasteiger partial charge in [-0.3, -0.25) is 4.79 Å². The fourth-order valence-corrected chi connectivity index (χ4v) is 4.17. The lowest BCUT2D eigenvalue weighted by molar-refractivity contribution is -0.115. The molecule has 2 aliphatic rings. The second-order valence-corrected chi connectivity index (χ2v) is 7.43. The molecule has 0 bridgehead atoms. The van der Waals surface area contributed by atoms with Crippen LogP contribution in [0.25, 0.3) is 11.0 Å². The highest BCUT2D eigenvalue weighted by atomic mass is 16.5. The smallest absolute Gasteiger partial charge is 0.229 e. The number of fused-ring (bicyclic) bond motifs is 2. The predicted octanol–water partition coefficient (Wildman–Crippen LogP) is 3.33. The minimum atomic E-state index is -0.0642. The highest BCUT2D eigenvalue weighted by Gasteiger charge is 2.19. The Balaban J connectivity index is 1.35. The van der Waals surface area contributed by atoms with Crippen molar-refractivity contribution in [1.82, 2.24) is 4.98 Å². The molecule has 3 aromatic rings. The summed E-state index contributed by atoms with van der Waals surface area (Å²) in [5.74, 6) is 0.736. The number of furan rings is 1. The first-order chi connectivity index (χ1) is 13.8. The number of anilines is 2. The van der Waals surface area contributed by atoms with E-state index in [1.807, 2.05) is 12.1 Å². The van der Waals surface area contributed by atoms with E-state index in [0.717, 1.165) is 54.0 Å². The van der Waals surface area contributed by atoms with E-state index in [1.165, 1.54) is 17.5 Å². The Labute approximate surface area is 163 Å². The zero-order chi connectivity index (χ0) is 18.9. The lowest BCUT2D eigenvalue weighted by atomic mass is 10.0. The van der Waals surface area contributed by atoms with Gasteiger partial charge in [-0.25, -0.2) is 4.98 Å². The molecule has 0 saturated carbocycles. The van der Waals surface area contributed by atoms with Gasteiger partial charge < -0.3 is 19.4 Å². The van der Waals surface area contributed by atoms with Crippen LogP contribution in [-0.4, -0.2) is 37.2 Å². The van der Waals surface area contributed by atoms with E-state index in [4.69, 9.17) is 9.15 Å². The van der Waals surface area contributed by atoms with E-state index in [-0.39, 0.29) is 12.3 Å². The summed E-state index contributed by atoms with van der Waals surface area (Å²) in [6.07, 6.45) is 7.18. The third-order valence-corrected chi connectivity index (χ3v) is 5.59. The molecule has 5 rings (SSSR count). The molecule has 1 fully saturated rings. The average Bonchev–Trinajstić information content (AvgIpc) is 3.34. The summed E-state index contributed by atoms with van der Waals surface area (Å²) in [5, 5.41) is 4.09. The van der Waals surface area contributed by atoms with Crippen molar-refractivity contribution in [1.29, 1.82) is 0 Å². The van der Waals surface area contributed by atoms with Gasteiger partial charge in [0.1, 0.15) is 5.58 Å². The largest absolute Gasteiger partial charge is 0.464 e. The first-order valence-corrected chi connectivity index (χ1v) is 9.87. The minimum absolute atomic E-state index is 0.0642. The monoisotopic (exact) mass is 377 g/mol. The number of nitrogens with zero attached hydrogens (tertiary/aromatic N) is 2. The van der Waals surface area contributed by atoms with Crippen LogP contribution in [0.5, 0.6) is 0 Å². The number of pyridine rings is 1. The van der Waals surface area contributed by atoms with Gasteiger partial charge in [-0.15, -0.1) is 0 Å². The van der Waals surface area contributed by atoms with Crippen LogP contribution in [0, 0.1) is 0 Å². The van der Waals surface area contributed by atoms with Gasteiger partial charge in [-0.1, -0.05) is 0 Å². The van der Waals surface area contributed by atoms with Crippen LogP contribution in [-0.2, 0) is 28.8 Å². The van der Waals surface area contributed by atoms with Gasteiger partial charge in [-0.05, 0) is 54.7 Å². The summed E-state index contributed by atoms with van der Waals surface area (Å²) >= 11 is 0. The average molecular weight is 377 g/mol. The highest BCUT2D eigenvalue weighted by Crippen LogP contribution is 2.31. The maximum Gasteiger partial charge on any atom is 0.229 e. The molecule has 1 saturated heterocycles. The van der Waals surface area contributed by atoms with E-state index in [1.54, 1.807) is 12.5 Å². The number of nitrogens with one attached hydrogen (secondary N) is 1. The summed E-state index contributed by atoms with van der Waals surface area (Å²) in [6, 6.07) is 8.08. The molecule has 6 heteroatoms. The summed E-state index contributed by atoms with van der Waals surface area (Å²) in [5.41, 5.74) is 5.31. The number of morpholine rings is 1. The number of benzene rings is 1. The van der Waals surface area contributed by atoms with Crippen molar-refractivity contribution in [2.75, 3.05) is 36.5 Å². The Morgan fingerprint density at radius 3 is 2.86 bits per heavy atom. The Kier molecular flexibility index (Phi) is 4.49. The molecule has 0 radical (unpaired) electrons. The SMILES string of the molecule is O=C(Cc1coc2cc3c(cc12)CCC3)Nc1cccnc1N1CCOCC1. The second-order valence-electron chi connectivity index (χ2n) is 7.43. The fraction of sp³-hybridized carbons (Fsp3) is 0.364. The van der Waals surface area contributed by atoms with Crippen LogP contribution < -0.4 is 10.2 Å². The molecule has 0 unspecified atom stereocenters. The number of aromatic nitrogens is 1.